The number of rotatable bonds is 4. The van der Waals surface area contributed by atoms with Crippen LogP contribution in [0.25, 0.3) is 0 Å². The van der Waals surface area contributed by atoms with Gasteiger partial charge in [0.25, 0.3) is 0 Å². The minimum Gasteiger partial charge on any atom is -0.493 e. The van der Waals surface area contributed by atoms with E-state index in [-0.39, 0.29) is 18.6 Å². The molecule has 2 aliphatic rings. The van der Waals surface area contributed by atoms with Crippen LogP contribution in [-0.4, -0.2) is 39.0 Å². The molecule has 0 aliphatic carbocycles. The topological polar surface area (TPSA) is 75.6 Å². The van der Waals surface area contributed by atoms with Crippen LogP contribution in [0.15, 0.2) is 24.3 Å². The summed E-state index contributed by atoms with van der Waals surface area (Å²) in [6.07, 6.45) is 0. The maximum Gasteiger partial charge on any atom is 0.231 e. The molecule has 4 rings (SSSR count). The second-order valence-electron chi connectivity index (χ2n) is 7.09. The molecule has 0 spiro atoms. The van der Waals surface area contributed by atoms with Crippen molar-refractivity contribution < 1.29 is 33.5 Å². The third-order valence-corrected chi connectivity index (χ3v) is 5.57. The zero-order valence-electron chi connectivity index (χ0n) is 16.6. The summed E-state index contributed by atoms with van der Waals surface area (Å²) in [4.78, 5) is 0. The normalized spacial score (nSPS) is 24.9. The van der Waals surface area contributed by atoms with Crippen molar-refractivity contribution in [3.05, 3.63) is 35.4 Å². The molecule has 0 bridgehead atoms. The molecule has 1 N–H and O–H groups in total. The SMILES string of the molecule is COc1ccc([C@@H]2c3cc4c(cc3O[C@](C)(O)[C@H]2C)OCO4)c(OC)c1OC. The van der Waals surface area contributed by atoms with Gasteiger partial charge < -0.3 is 33.5 Å². The van der Waals surface area contributed by atoms with Gasteiger partial charge in [-0.2, -0.15) is 0 Å². The van der Waals surface area contributed by atoms with E-state index >= 15 is 0 Å². The Kier molecular flexibility index (Phi) is 4.42. The van der Waals surface area contributed by atoms with Gasteiger partial charge in [0.05, 0.1) is 21.3 Å². The standard InChI is InChI=1S/C21H24O7/c1-11-18(12-6-7-14(23-3)20(25-5)19(12)24-4)13-8-16-17(27-10-26-16)9-15(13)28-21(11,2)22/h6-9,11,18,22H,10H2,1-5H3/t11-,18+,21-/m0/s1. The van der Waals surface area contributed by atoms with Crippen LogP contribution < -0.4 is 28.4 Å². The molecule has 7 nitrogen and oxygen atoms in total. The first kappa shape index (κ1) is 18.6. The first-order chi connectivity index (χ1) is 13.4. The molecular formula is C21H24O7. The van der Waals surface area contributed by atoms with E-state index in [1.165, 1.54) is 0 Å². The number of aliphatic hydroxyl groups is 1. The fourth-order valence-corrected chi connectivity index (χ4v) is 3.97. The minimum atomic E-state index is -1.39. The first-order valence-electron chi connectivity index (χ1n) is 9.05. The Hall–Kier alpha value is -2.80. The van der Waals surface area contributed by atoms with Gasteiger partial charge in [-0.05, 0) is 12.1 Å². The second-order valence-corrected chi connectivity index (χ2v) is 7.09. The highest BCUT2D eigenvalue weighted by Crippen LogP contribution is 2.54. The van der Waals surface area contributed by atoms with Crippen molar-refractivity contribution in [2.75, 3.05) is 28.1 Å². The van der Waals surface area contributed by atoms with Crippen LogP contribution in [-0.2, 0) is 0 Å². The van der Waals surface area contributed by atoms with Crippen LogP contribution in [0.2, 0.25) is 0 Å². The Morgan fingerprint density at radius 2 is 1.61 bits per heavy atom. The van der Waals surface area contributed by atoms with Crippen LogP contribution in [0.4, 0.5) is 0 Å². The Morgan fingerprint density at radius 3 is 2.25 bits per heavy atom. The fraction of sp³-hybridized carbons (Fsp3) is 0.429. The van der Waals surface area contributed by atoms with Gasteiger partial charge in [-0.25, -0.2) is 0 Å². The van der Waals surface area contributed by atoms with Crippen molar-refractivity contribution in [1.29, 1.82) is 0 Å². The molecule has 2 heterocycles. The molecule has 28 heavy (non-hydrogen) atoms. The summed E-state index contributed by atoms with van der Waals surface area (Å²) < 4.78 is 33.6. The minimum absolute atomic E-state index is 0.161. The number of ether oxygens (including phenoxy) is 6. The van der Waals surface area contributed by atoms with Crippen LogP contribution >= 0.6 is 0 Å². The highest BCUT2D eigenvalue weighted by atomic mass is 16.7. The molecule has 3 atom stereocenters. The molecule has 150 valence electrons. The van der Waals surface area contributed by atoms with Crippen molar-refractivity contribution in [2.45, 2.75) is 25.6 Å². The predicted molar refractivity (Wildman–Crippen MR) is 101 cm³/mol. The van der Waals surface area contributed by atoms with E-state index in [1.54, 1.807) is 34.3 Å². The molecule has 7 heteroatoms. The maximum absolute atomic E-state index is 11.0. The van der Waals surface area contributed by atoms with E-state index in [2.05, 4.69) is 0 Å². The predicted octanol–water partition coefficient (Wildman–Crippen LogP) is 3.31. The van der Waals surface area contributed by atoms with Crippen LogP contribution in [0, 0.1) is 5.92 Å². The zero-order chi connectivity index (χ0) is 20.1. The Bertz CT molecular complexity index is 906. The number of benzene rings is 2. The summed E-state index contributed by atoms with van der Waals surface area (Å²) in [5.74, 6) is 1.53. The summed E-state index contributed by atoms with van der Waals surface area (Å²) >= 11 is 0. The van der Waals surface area contributed by atoms with E-state index in [4.69, 9.17) is 28.4 Å². The number of methoxy groups -OCH3 is 3. The van der Waals surface area contributed by atoms with Gasteiger partial charge in [0, 0.05) is 36.0 Å². The zero-order valence-corrected chi connectivity index (χ0v) is 16.6. The van der Waals surface area contributed by atoms with E-state index in [1.807, 2.05) is 25.1 Å². The summed E-state index contributed by atoms with van der Waals surface area (Å²) in [6.45, 7) is 3.76. The molecule has 0 unspecified atom stereocenters. The molecule has 0 fully saturated rings. The van der Waals surface area contributed by atoms with Crippen molar-refractivity contribution in [2.24, 2.45) is 5.92 Å². The van der Waals surface area contributed by atoms with Gasteiger partial charge in [0.2, 0.25) is 18.3 Å². The Labute approximate surface area is 163 Å². The van der Waals surface area contributed by atoms with Gasteiger partial charge in [-0.3, -0.25) is 0 Å². The van der Waals surface area contributed by atoms with Gasteiger partial charge in [0.15, 0.2) is 23.0 Å². The third kappa shape index (κ3) is 2.69. The molecule has 2 aliphatic heterocycles. The molecule has 2 aromatic rings. The average molecular weight is 388 g/mol. The second kappa shape index (κ2) is 6.67. The van der Waals surface area contributed by atoms with E-state index in [9.17, 15) is 5.11 Å². The van der Waals surface area contributed by atoms with Crippen LogP contribution in [0.1, 0.15) is 30.9 Å². The lowest BCUT2D eigenvalue weighted by molar-refractivity contribution is -0.171. The van der Waals surface area contributed by atoms with Crippen LogP contribution in [0.5, 0.6) is 34.5 Å². The number of fused-ring (bicyclic) bond motifs is 2. The maximum atomic E-state index is 11.0. The molecule has 0 saturated heterocycles. The molecule has 2 aromatic carbocycles. The molecule has 0 aromatic heterocycles. The smallest absolute Gasteiger partial charge is 0.231 e. The molecule has 0 amide bonds. The monoisotopic (exact) mass is 388 g/mol. The van der Waals surface area contributed by atoms with Crippen molar-refractivity contribution in [1.82, 2.24) is 0 Å². The van der Waals surface area contributed by atoms with Crippen LogP contribution in [0.3, 0.4) is 0 Å². The van der Waals surface area contributed by atoms with E-state index < -0.39 is 5.79 Å². The molecular weight excluding hydrogens is 364 g/mol. The van der Waals surface area contributed by atoms with E-state index in [0.29, 0.717) is 34.5 Å². The lowest BCUT2D eigenvalue weighted by Gasteiger charge is -2.42. The lowest BCUT2D eigenvalue weighted by Crippen LogP contribution is -2.45. The van der Waals surface area contributed by atoms with E-state index in [0.717, 1.165) is 11.1 Å². The summed E-state index contributed by atoms with van der Waals surface area (Å²) in [6, 6.07) is 7.43. The van der Waals surface area contributed by atoms with Crippen molar-refractivity contribution >= 4 is 0 Å². The molecule has 0 radical (unpaired) electrons. The van der Waals surface area contributed by atoms with Gasteiger partial charge in [-0.15, -0.1) is 0 Å². The highest BCUT2D eigenvalue weighted by Gasteiger charge is 2.46. The first-order valence-corrected chi connectivity index (χ1v) is 9.05. The highest BCUT2D eigenvalue weighted by molar-refractivity contribution is 5.62. The van der Waals surface area contributed by atoms with Gasteiger partial charge >= 0.3 is 0 Å². The fourth-order valence-electron chi connectivity index (χ4n) is 3.97. The number of hydrogen-bond donors (Lipinski definition) is 1. The summed E-state index contributed by atoms with van der Waals surface area (Å²) in [5, 5.41) is 11.0. The third-order valence-electron chi connectivity index (χ3n) is 5.57. The summed E-state index contributed by atoms with van der Waals surface area (Å²) in [5.41, 5.74) is 1.74. The molecule has 0 saturated carbocycles. The lowest BCUT2D eigenvalue weighted by atomic mass is 9.75. The van der Waals surface area contributed by atoms with Gasteiger partial charge in [0.1, 0.15) is 5.75 Å². The Morgan fingerprint density at radius 1 is 0.929 bits per heavy atom. The van der Waals surface area contributed by atoms with Gasteiger partial charge in [-0.1, -0.05) is 13.0 Å². The van der Waals surface area contributed by atoms with Crippen molar-refractivity contribution in [3.63, 3.8) is 0 Å². The average Bonchev–Trinajstić information content (AvgIpc) is 3.13. The Balaban J connectivity index is 1.95. The summed E-state index contributed by atoms with van der Waals surface area (Å²) in [7, 11) is 4.73. The largest absolute Gasteiger partial charge is 0.493 e. The van der Waals surface area contributed by atoms with Crippen molar-refractivity contribution in [3.8, 4) is 34.5 Å². The number of hydrogen-bond acceptors (Lipinski definition) is 7. The quantitative estimate of drug-likeness (QED) is 0.861.